The Bertz CT molecular complexity index is 427. The van der Waals surface area contributed by atoms with Crippen molar-refractivity contribution < 1.29 is 4.79 Å². The van der Waals surface area contributed by atoms with Crippen LogP contribution in [0.2, 0.25) is 0 Å². The van der Waals surface area contributed by atoms with Crippen LogP contribution in [0, 0.1) is 0 Å². The summed E-state index contributed by atoms with van der Waals surface area (Å²) in [6.07, 6.45) is 2.42. The number of thioether (sulfide) groups is 1. The molecule has 0 bridgehead atoms. The average molecular weight is 315 g/mol. The molecule has 19 heavy (non-hydrogen) atoms. The first-order chi connectivity index (χ1) is 9.16. The number of nitrogens with one attached hydrogen (secondary N) is 1. The summed E-state index contributed by atoms with van der Waals surface area (Å²) in [5, 5.41) is 5.02. The predicted molar refractivity (Wildman–Crippen MR) is 86.7 cm³/mol. The number of rotatable bonds is 4. The third-order valence-corrected chi connectivity index (χ3v) is 5.62. The van der Waals surface area contributed by atoms with Gasteiger partial charge < -0.3 is 10.2 Å². The average Bonchev–Trinajstić information content (AvgIpc) is 3.07. The molecule has 1 saturated heterocycles. The summed E-state index contributed by atoms with van der Waals surface area (Å²) in [6, 6.07) is 4.12. The number of amides is 1. The number of thiocarbonyl (C=S) groups is 1. The van der Waals surface area contributed by atoms with E-state index in [0.29, 0.717) is 5.75 Å². The predicted octanol–water partition coefficient (Wildman–Crippen LogP) is 3.04. The lowest BCUT2D eigenvalue weighted by molar-refractivity contribution is -0.119. The molecule has 0 spiro atoms. The Hall–Kier alpha value is -0.590. The zero-order chi connectivity index (χ0) is 13.7. The van der Waals surface area contributed by atoms with E-state index in [1.165, 1.54) is 29.5 Å². The summed E-state index contributed by atoms with van der Waals surface area (Å²) in [6.45, 7) is 4.09. The van der Waals surface area contributed by atoms with Crippen molar-refractivity contribution in [2.24, 2.45) is 0 Å². The fourth-order valence-electron chi connectivity index (χ4n) is 2.01. The number of carbonyl (C=O) groups excluding carboxylic acids is 1. The smallest absolute Gasteiger partial charge is 0.230 e. The number of nitrogens with zero attached hydrogens (tertiary/aromatic N) is 1. The normalized spacial score (nSPS) is 16.4. The van der Waals surface area contributed by atoms with E-state index < -0.39 is 0 Å². The minimum atomic E-state index is 0.0486. The molecule has 0 radical (unpaired) electrons. The van der Waals surface area contributed by atoms with Gasteiger partial charge in [0.1, 0.15) is 4.32 Å². The van der Waals surface area contributed by atoms with Crippen molar-refractivity contribution in [2.75, 3.05) is 18.8 Å². The van der Waals surface area contributed by atoms with Crippen molar-refractivity contribution in [1.82, 2.24) is 10.2 Å². The highest BCUT2D eigenvalue weighted by Gasteiger charge is 2.17. The molecule has 0 aromatic carbocycles. The molecule has 0 unspecified atom stereocenters. The molecule has 1 aliphatic heterocycles. The van der Waals surface area contributed by atoms with E-state index in [1.807, 2.05) is 24.4 Å². The second-order valence-corrected chi connectivity index (χ2v) is 7.14. The van der Waals surface area contributed by atoms with Crippen LogP contribution >= 0.6 is 35.3 Å². The quantitative estimate of drug-likeness (QED) is 0.866. The maximum atomic E-state index is 11.9. The molecule has 6 heteroatoms. The van der Waals surface area contributed by atoms with Crippen molar-refractivity contribution in [3.63, 3.8) is 0 Å². The zero-order valence-corrected chi connectivity index (χ0v) is 13.4. The molecule has 1 aromatic heterocycles. The fourth-order valence-corrected chi connectivity index (χ4v) is 3.81. The molecule has 2 rings (SSSR count). The first-order valence-corrected chi connectivity index (χ1v) is 8.68. The van der Waals surface area contributed by atoms with E-state index >= 15 is 0 Å². The summed E-state index contributed by atoms with van der Waals surface area (Å²) < 4.78 is 0.858. The van der Waals surface area contributed by atoms with Gasteiger partial charge in [-0.1, -0.05) is 30.0 Å². The van der Waals surface area contributed by atoms with Crippen LogP contribution in [0.3, 0.4) is 0 Å². The lowest BCUT2D eigenvalue weighted by Gasteiger charge is -2.18. The van der Waals surface area contributed by atoms with Gasteiger partial charge in [-0.05, 0) is 31.2 Å². The van der Waals surface area contributed by atoms with Crippen LogP contribution in [-0.4, -0.2) is 34.0 Å². The van der Waals surface area contributed by atoms with Gasteiger partial charge in [0.15, 0.2) is 0 Å². The second kappa shape index (κ2) is 7.26. The molecule has 0 saturated carbocycles. The molecule has 1 fully saturated rings. The Balaban J connectivity index is 1.71. The van der Waals surface area contributed by atoms with Crippen molar-refractivity contribution >= 4 is 45.5 Å². The van der Waals surface area contributed by atoms with Gasteiger partial charge in [0, 0.05) is 18.0 Å². The maximum absolute atomic E-state index is 11.9. The molecule has 3 nitrogen and oxygen atoms in total. The molecule has 104 valence electrons. The van der Waals surface area contributed by atoms with E-state index in [2.05, 4.69) is 10.2 Å². The first-order valence-electron chi connectivity index (χ1n) is 6.41. The van der Waals surface area contributed by atoms with Gasteiger partial charge in [0.05, 0.1) is 11.8 Å². The summed E-state index contributed by atoms with van der Waals surface area (Å²) in [5.74, 6) is 0.456. The second-order valence-electron chi connectivity index (χ2n) is 4.55. The molecule has 1 N–H and O–H groups in total. The maximum Gasteiger partial charge on any atom is 0.230 e. The van der Waals surface area contributed by atoms with Crippen LogP contribution in [0.15, 0.2) is 17.5 Å². The third-order valence-electron chi connectivity index (χ3n) is 3.04. The standard InChI is InChI=1S/C13H18N2OS3/c1-10(11-5-4-8-18-11)14-12(16)9-19-13(17)15-6-2-3-7-15/h4-5,8,10H,2-3,6-7,9H2,1H3,(H,14,16)/t10-/m0/s1. The Labute approximate surface area is 127 Å². The Morgan fingerprint density at radius 3 is 2.95 bits per heavy atom. The van der Waals surface area contributed by atoms with E-state index in [1.54, 1.807) is 11.3 Å². The minimum absolute atomic E-state index is 0.0486. The van der Waals surface area contributed by atoms with Crippen LogP contribution in [0.25, 0.3) is 0 Å². The molecular weight excluding hydrogens is 296 g/mol. The summed E-state index contributed by atoms with van der Waals surface area (Å²) in [5.41, 5.74) is 0. The fraction of sp³-hybridized carbons (Fsp3) is 0.538. The lowest BCUT2D eigenvalue weighted by Crippen LogP contribution is -2.30. The van der Waals surface area contributed by atoms with Crippen molar-refractivity contribution in [2.45, 2.75) is 25.8 Å². The van der Waals surface area contributed by atoms with Gasteiger partial charge in [-0.15, -0.1) is 11.3 Å². The SMILES string of the molecule is C[C@H](NC(=O)CSC(=S)N1CCCC1)c1cccs1. The highest BCUT2D eigenvalue weighted by atomic mass is 32.2. The van der Waals surface area contributed by atoms with E-state index in [4.69, 9.17) is 12.2 Å². The van der Waals surface area contributed by atoms with E-state index in [0.717, 1.165) is 17.4 Å². The van der Waals surface area contributed by atoms with Crippen LogP contribution in [0.5, 0.6) is 0 Å². The topological polar surface area (TPSA) is 32.3 Å². The molecule has 1 aromatic rings. The van der Waals surface area contributed by atoms with Gasteiger partial charge in [0.25, 0.3) is 0 Å². The van der Waals surface area contributed by atoms with E-state index in [-0.39, 0.29) is 11.9 Å². The van der Waals surface area contributed by atoms with Crippen LogP contribution < -0.4 is 5.32 Å². The molecule has 0 aliphatic carbocycles. The number of hydrogen-bond donors (Lipinski definition) is 1. The van der Waals surface area contributed by atoms with Crippen molar-refractivity contribution in [1.29, 1.82) is 0 Å². The molecule has 1 aliphatic rings. The van der Waals surface area contributed by atoms with Gasteiger partial charge in [-0.2, -0.15) is 0 Å². The molecule has 2 heterocycles. The monoisotopic (exact) mass is 314 g/mol. The van der Waals surface area contributed by atoms with Crippen LogP contribution in [-0.2, 0) is 4.79 Å². The van der Waals surface area contributed by atoms with Crippen LogP contribution in [0.1, 0.15) is 30.7 Å². The Morgan fingerprint density at radius 2 is 2.32 bits per heavy atom. The molecular formula is C13H18N2OS3. The van der Waals surface area contributed by atoms with Gasteiger partial charge in [-0.3, -0.25) is 4.79 Å². The summed E-state index contributed by atoms with van der Waals surface area (Å²) >= 11 is 8.47. The number of carbonyl (C=O) groups is 1. The van der Waals surface area contributed by atoms with Gasteiger partial charge >= 0.3 is 0 Å². The van der Waals surface area contributed by atoms with Gasteiger partial charge in [-0.25, -0.2) is 0 Å². The van der Waals surface area contributed by atoms with Crippen molar-refractivity contribution in [3.8, 4) is 0 Å². The van der Waals surface area contributed by atoms with Gasteiger partial charge in [0.2, 0.25) is 5.91 Å². The Kier molecular flexibility index (Phi) is 5.66. The zero-order valence-electron chi connectivity index (χ0n) is 10.9. The van der Waals surface area contributed by atoms with Crippen LogP contribution in [0.4, 0.5) is 0 Å². The van der Waals surface area contributed by atoms with E-state index in [9.17, 15) is 4.79 Å². The number of likely N-dealkylation sites (tertiary alicyclic amines) is 1. The van der Waals surface area contributed by atoms with Crippen molar-refractivity contribution in [3.05, 3.63) is 22.4 Å². The first kappa shape index (κ1) is 14.8. The number of thiophene rings is 1. The highest BCUT2D eigenvalue weighted by molar-refractivity contribution is 8.23. The number of hydrogen-bond acceptors (Lipinski definition) is 4. The highest BCUT2D eigenvalue weighted by Crippen LogP contribution is 2.19. The summed E-state index contributed by atoms with van der Waals surface area (Å²) in [7, 11) is 0. The largest absolute Gasteiger partial charge is 0.358 e. The lowest BCUT2D eigenvalue weighted by atomic mass is 10.3. The molecule has 1 atom stereocenters. The minimum Gasteiger partial charge on any atom is -0.358 e. The summed E-state index contributed by atoms with van der Waals surface area (Å²) in [4.78, 5) is 15.2. The molecule has 1 amide bonds. The Morgan fingerprint density at radius 1 is 1.58 bits per heavy atom. The third kappa shape index (κ3) is 4.47.